The summed E-state index contributed by atoms with van der Waals surface area (Å²) in [6, 6.07) is 14.2. The van der Waals surface area contributed by atoms with Crippen LogP contribution in [0.25, 0.3) is 21.8 Å². The van der Waals surface area contributed by atoms with Gasteiger partial charge in [0.2, 0.25) is 5.91 Å². The summed E-state index contributed by atoms with van der Waals surface area (Å²) in [6.45, 7) is 5.09. The Kier molecular flexibility index (Phi) is 5.03. The van der Waals surface area contributed by atoms with Gasteiger partial charge in [0.05, 0.1) is 13.0 Å². The highest BCUT2D eigenvalue weighted by Gasteiger charge is 2.11. The number of hydrogen-bond acceptors (Lipinski definition) is 3. The van der Waals surface area contributed by atoms with Crippen LogP contribution in [0.1, 0.15) is 26.7 Å². The number of aromatic nitrogens is 1. The normalized spacial score (nSPS) is 11.0. The van der Waals surface area contributed by atoms with Gasteiger partial charge in [0, 0.05) is 40.5 Å². The Morgan fingerprint density at radius 1 is 1.00 bits per heavy atom. The number of nitrogens with zero attached hydrogens (tertiary/aromatic N) is 1. The standard InChI is InChI=1S/C20H22N2O3/c1-3-22-17-8-6-5-7-15(17)16-13-14(9-10-18(16)22)21-19(23)11-12-20(24)25-4-2/h5-10,13H,3-4,11-12H2,1-2H3,(H,21,23). The molecule has 2 aromatic carbocycles. The summed E-state index contributed by atoms with van der Waals surface area (Å²) < 4.78 is 7.10. The molecular weight excluding hydrogens is 316 g/mol. The zero-order valence-electron chi connectivity index (χ0n) is 14.5. The Hall–Kier alpha value is -2.82. The molecule has 25 heavy (non-hydrogen) atoms. The van der Waals surface area contributed by atoms with Crippen LogP contribution in [0.3, 0.4) is 0 Å². The number of hydrogen-bond donors (Lipinski definition) is 1. The molecule has 3 aromatic rings. The molecule has 5 nitrogen and oxygen atoms in total. The molecule has 0 spiro atoms. The highest BCUT2D eigenvalue weighted by molar-refractivity contribution is 6.09. The Morgan fingerprint density at radius 2 is 1.76 bits per heavy atom. The SMILES string of the molecule is CCOC(=O)CCC(=O)Nc1ccc2c(c1)c1ccccc1n2CC. The van der Waals surface area contributed by atoms with Crippen molar-refractivity contribution in [1.82, 2.24) is 4.57 Å². The number of rotatable bonds is 6. The van der Waals surface area contributed by atoms with Gasteiger partial charge in [-0.15, -0.1) is 0 Å². The fraction of sp³-hybridized carbons (Fsp3) is 0.300. The minimum atomic E-state index is -0.348. The van der Waals surface area contributed by atoms with Gasteiger partial charge in [-0.05, 0) is 38.1 Å². The van der Waals surface area contributed by atoms with Crippen molar-refractivity contribution in [2.45, 2.75) is 33.2 Å². The van der Waals surface area contributed by atoms with Crippen LogP contribution in [0.5, 0.6) is 0 Å². The summed E-state index contributed by atoms with van der Waals surface area (Å²) >= 11 is 0. The molecule has 0 bridgehead atoms. The molecule has 0 radical (unpaired) electrons. The summed E-state index contributed by atoms with van der Waals surface area (Å²) in [7, 11) is 0. The van der Waals surface area contributed by atoms with Crippen LogP contribution in [0.15, 0.2) is 42.5 Å². The van der Waals surface area contributed by atoms with Crippen LogP contribution < -0.4 is 5.32 Å². The second-order valence-electron chi connectivity index (χ2n) is 5.85. The lowest BCUT2D eigenvalue weighted by molar-refractivity contribution is -0.144. The molecule has 0 fully saturated rings. The number of carbonyl (C=O) groups is 2. The Balaban J connectivity index is 1.83. The van der Waals surface area contributed by atoms with Crippen LogP contribution in [-0.4, -0.2) is 23.1 Å². The van der Waals surface area contributed by atoms with E-state index in [2.05, 4.69) is 28.9 Å². The zero-order chi connectivity index (χ0) is 17.8. The molecule has 0 aliphatic carbocycles. The Morgan fingerprint density at radius 3 is 2.52 bits per heavy atom. The molecule has 3 rings (SSSR count). The second-order valence-corrected chi connectivity index (χ2v) is 5.85. The van der Waals surface area contributed by atoms with E-state index in [0.717, 1.165) is 23.1 Å². The zero-order valence-corrected chi connectivity index (χ0v) is 14.5. The average Bonchev–Trinajstić information content (AvgIpc) is 2.93. The van der Waals surface area contributed by atoms with E-state index in [0.29, 0.717) is 6.61 Å². The van der Waals surface area contributed by atoms with E-state index in [1.165, 1.54) is 10.9 Å². The monoisotopic (exact) mass is 338 g/mol. The number of esters is 1. The largest absolute Gasteiger partial charge is 0.466 e. The van der Waals surface area contributed by atoms with E-state index in [9.17, 15) is 9.59 Å². The number of nitrogens with one attached hydrogen (secondary N) is 1. The molecular formula is C20H22N2O3. The molecule has 0 saturated heterocycles. The maximum absolute atomic E-state index is 12.1. The van der Waals surface area contributed by atoms with Crippen molar-refractivity contribution in [2.75, 3.05) is 11.9 Å². The topological polar surface area (TPSA) is 60.3 Å². The molecule has 1 amide bonds. The molecule has 130 valence electrons. The lowest BCUT2D eigenvalue weighted by Crippen LogP contribution is -2.14. The number of ether oxygens (including phenoxy) is 1. The van der Waals surface area contributed by atoms with E-state index < -0.39 is 0 Å². The third-order valence-electron chi connectivity index (χ3n) is 4.23. The fourth-order valence-corrected chi connectivity index (χ4v) is 3.14. The van der Waals surface area contributed by atoms with Gasteiger partial charge < -0.3 is 14.6 Å². The first-order valence-electron chi connectivity index (χ1n) is 8.60. The first-order valence-corrected chi connectivity index (χ1v) is 8.60. The summed E-state index contributed by atoms with van der Waals surface area (Å²) in [5.74, 6) is -0.536. The predicted octanol–water partition coefficient (Wildman–Crippen LogP) is 4.10. The van der Waals surface area contributed by atoms with Gasteiger partial charge in [-0.25, -0.2) is 0 Å². The van der Waals surface area contributed by atoms with Crippen LogP contribution in [-0.2, 0) is 20.9 Å². The van der Waals surface area contributed by atoms with Crippen molar-refractivity contribution < 1.29 is 14.3 Å². The van der Waals surface area contributed by atoms with Gasteiger partial charge >= 0.3 is 5.97 Å². The van der Waals surface area contributed by atoms with Crippen molar-refractivity contribution in [3.05, 3.63) is 42.5 Å². The number of aryl methyl sites for hydroxylation is 1. The van der Waals surface area contributed by atoms with Crippen LogP contribution in [0.4, 0.5) is 5.69 Å². The second kappa shape index (κ2) is 7.38. The molecule has 5 heteroatoms. The molecule has 1 heterocycles. The summed E-state index contributed by atoms with van der Waals surface area (Å²) in [4.78, 5) is 23.4. The first kappa shape index (κ1) is 17.0. The number of para-hydroxylation sites is 1. The lowest BCUT2D eigenvalue weighted by atomic mass is 10.1. The van der Waals surface area contributed by atoms with Gasteiger partial charge in [-0.1, -0.05) is 18.2 Å². The van der Waals surface area contributed by atoms with Crippen molar-refractivity contribution >= 4 is 39.4 Å². The minimum absolute atomic E-state index is 0.0943. The molecule has 1 aromatic heterocycles. The summed E-state index contributed by atoms with van der Waals surface area (Å²) in [5, 5.41) is 5.15. The molecule has 0 atom stereocenters. The summed E-state index contributed by atoms with van der Waals surface area (Å²) in [6.07, 6.45) is 0.213. The van der Waals surface area contributed by atoms with Crippen LogP contribution >= 0.6 is 0 Å². The van der Waals surface area contributed by atoms with E-state index in [1.807, 2.05) is 30.3 Å². The smallest absolute Gasteiger partial charge is 0.306 e. The summed E-state index contributed by atoms with van der Waals surface area (Å²) in [5.41, 5.74) is 3.07. The van der Waals surface area contributed by atoms with Gasteiger partial charge in [0.1, 0.15) is 0 Å². The number of amides is 1. The van der Waals surface area contributed by atoms with Crippen molar-refractivity contribution in [3.63, 3.8) is 0 Å². The van der Waals surface area contributed by atoms with Crippen LogP contribution in [0.2, 0.25) is 0 Å². The number of benzene rings is 2. The maximum atomic E-state index is 12.1. The molecule has 0 aliphatic rings. The highest BCUT2D eigenvalue weighted by Crippen LogP contribution is 2.30. The Bertz CT molecular complexity index is 927. The maximum Gasteiger partial charge on any atom is 0.306 e. The van der Waals surface area contributed by atoms with E-state index >= 15 is 0 Å². The van der Waals surface area contributed by atoms with Crippen LogP contribution in [0, 0.1) is 0 Å². The van der Waals surface area contributed by atoms with E-state index in [-0.39, 0.29) is 24.7 Å². The highest BCUT2D eigenvalue weighted by atomic mass is 16.5. The minimum Gasteiger partial charge on any atom is -0.466 e. The number of anilines is 1. The lowest BCUT2D eigenvalue weighted by Gasteiger charge is -2.07. The Labute approximate surface area is 146 Å². The fourth-order valence-electron chi connectivity index (χ4n) is 3.14. The third-order valence-corrected chi connectivity index (χ3v) is 4.23. The molecule has 1 N–H and O–H groups in total. The van der Waals surface area contributed by atoms with Crippen molar-refractivity contribution in [3.8, 4) is 0 Å². The predicted molar refractivity (Wildman–Crippen MR) is 99.6 cm³/mol. The van der Waals surface area contributed by atoms with Gasteiger partial charge in [-0.3, -0.25) is 9.59 Å². The average molecular weight is 338 g/mol. The van der Waals surface area contributed by atoms with Crippen molar-refractivity contribution in [2.24, 2.45) is 0 Å². The van der Waals surface area contributed by atoms with Gasteiger partial charge in [0.25, 0.3) is 0 Å². The molecule has 0 unspecified atom stereocenters. The van der Waals surface area contributed by atoms with E-state index in [1.54, 1.807) is 6.92 Å². The van der Waals surface area contributed by atoms with Crippen molar-refractivity contribution in [1.29, 1.82) is 0 Å². The van der Waals surface area contributed by atoms with Gasteiger partial charge in [0.15, 0.2) is 0 Å². The third kappa shape index (κ3) is 3.50. The van der Waals surface area contributed by atoms with Gasteiger partial charge in [-0.2, -0.15) is 0 Å². The first-order chi connectivity index (χ1) is 12.1. The molecule has 0 aliphatic heterocycles. The number of fused-ring (bicyclic) bond motifs is 3. The van der Waals surface area contributed by atoms with E-state index in [4.69, 9.17) is 4.74 Å². The number of carbonyl (C=O) groups excluding carboxylic acids is 2. The quantitative estimate of drug-likeness (QED) is 0.689. The molecule has 0 saturated carbocycles.